The Balaban J connectivity index is 1.72. The van der Waals surface area contributed by atoms with E-state index < -0.39 is 0 Å². The first kappa shape index (κ1) is 12.8. The third kappa shape index (κ3) is 3.97. The molecular weight excluding hydrogens is 230 g/mol. The fourth-order valence-corrected chi connectivity index (χ4v) is 1.66. The van der Waals surface area contributed by atoms with Gasteiger partial charge in [-0.25, -0.2) is 9.97 Å². The summed E-state index contributed by atoms with van der Waals surface area (Å²) in [6, 6.07) is 0. The van der Waals surface area contributed by atoms with Gasteiger partial charge >= 0.3 is 0 Å². The molecule has 0 atom stereocenters. The lowest BCUT2D eigenvalue weighted by molar-refractivity contribution is 0.199. The number of hydrogen-bond acceptors (Lipinski definition) is 4. The van der Waals surface area contributed by atoms with E-state index in [0.29, 0.717) is 0 Å². The van der Waals surface area contributed by atoms with E-state index in [1.165, 1.54) is 0 Å². The van der Waals surface area contributed by atoms with Crippen LogP contribution in [-0.4, -0.2) is 39.4 Å². The maximum atomic E-state index is 4.97. The second kappa shape index (κ2) is 6.93. The van der Waals surface area contributed by atoms with Gasteiger partial charge in [0.05, 0.1) is 25.0 Å². The molecule has 6 heteroatoms. The van der Waals surface area contributed by atoms with Crippen LogP contribution in [0.2, 0.25) is 0 Å². The first-order chi connectivity index (χ1) is 8.88. The Morgan fingerprint density at radius 2 is 2.17 bits per heavy atom. The van der Waals surface area contributed by atoms with Crippen molar-refractivity contribution >= 4 is 0 Å². The minimum Gasteiger partial charge on any atom is -0.383 e. The number of hydrogen-bond donors (Lipinski definition) is 1. The second-order valence-electron chi connectivity index (χ2n) is 4.07. The summed E-state index contributed by atoms with van der Waals surface area (Å²) in [6.45, 7) is 4.16. The van der Waals surface area contributed by atoms with E-state index >= 15 is 0 Å². The van der Waals surface area contributed by atoms with Gasteiger partial charge in [-0.2, -0.15) is 0 Å². The molecule has 0 unspecified atom stereocenters. The van der Waals surface area contributed by atoms with Crippen molar-refractivity contribution in [2.24, 2.45) is 0 Å². The number of methoxy groups -OCH3 is 1. The van der Waals surface area contributed by atoms with Crippen molar-refractivity contribution in [1.82, 2.24) is 24.4 Å². The Morgan fingerprint density at radius 1 is 1.28 bits per heavy atom. The molecule has 2 aromatic rings. The van der Waals surface area contributed by atoms with E-state index in [1.54, 1.807) is 13.3 Å². The highest BCUT2D eigenvalue weighted by Crippen LogP contribution is 1.97. The second-order valence-corrected chi connectivity index (χ2v) is 4.07. The van der Waals surface area contributed by atoms with Gasteiger partial charge in [-0.05, 0) is 0 Å². The van der Waals surface area contributed by atoms with Crippen LogP contribution in [-0.2, 0) is 24.4 Å². The fraction of sp³-hybridized carbons (Fsp3) is 0.500. The molecule has 0 amide bonds. The van der Waals surface area contributed by atoms with Crippen molar-refractivity contribution in [1.29, 1.82) is 0 Å². The molecule has 0 aliphatic carbocycles. The van der Waals surface area contributed by atoms with Gasteiger partial charge in [0, 0.05) is 51.9 Å². The van der Waals surface area contributed by atoms with E-state index in [9.17, 15) is 0 Å². The number of rotatable bonds is 8. The largest absolute Gasteiger partial charge is 0.383 e. The topological polar surface area (TPSA) is 56.9 Å². The van der Waals surface area contributed by atoms with Gasteiger partial charge in [-0.3, -0.25) is 0 Å². The molecular formula is C12H19N5O. The predicted octanol–water partition coefficient (Wildman–Crippen LogP) is 0.516. The first-order valence-electron chi connectivity index (χ1n) is 6.04. The SMILES string of the molecule is COCCNCc1cn(CCn2ccnc2)cn1. The van der Waals surface area contributed by atoms with Crippen LogP contribution in [0.25, 0.3) is 0 Å². The normalized spacial score (nSPS) is 10.9. The third-order valence-corrected chi connectivity index (χ3v) is 2.65. The maximum absolute atomic E-state index is 4.97. The summed E-state index contributed by atoms with van der Waals surface area (Å²) in [4.78, 5) is 8.36. The summed E-state index contributed by atoms with van der Waals surface area (Å²) in [6.07, 6.45) is 9.51. The summed E-state index contributed by atoms with van der Waals surface area (Å²) < 4.78 is 9.11. The molecule has 2 heterocycles. The van der Waals surface area contributed by atoms with Gasteiger partial charge in [-0.15, -0.1) is 0 Å². The zero-order valence-electron chi connectivity index (χ0n) is 10.6. The maximum Gasteiger partial charge on any atom is 0.0950 e. The molecule has 0 radical (unpaired) electrons. The van der Waals surface area contributed by atoms with Crippen molar-refractivity contribution in [2.45, 2.75) is 19.6 Å². The van der Waals surface area contributed by atoms with Crippen LogP contribution in [0.3, 0.4) is 0 Å². The van der Waals surface area contributed by atoms with Crippen molar-refractivity contribution in [3.8, 4) is 0 Å². The summed E-state index contributed by atoms with van der Waals surface area (Å²) in [5.74, 6) is 0. The van der Waals surface area contributed by atoms with Crippen LogP contribution in [0.5, 0.6) is 0 Å². The number of aromatic nitrogens is 4. The lowest BCUT2D eigenvalue weighted by Crippen LogP contribution is -2.18. The summed E-state index contributed by atoms with van der Waals surface area (Å²) in [5, 5.41) is 3.27. The highest BCUT2D eigenvalue weighted by Gasteiger charge is 1.98. The Hall–Kier alpha value is -1.66. The van der Waals surface area contributed by atoms with Crippen LogP contribution >= 0.6 is 0 Å². The molecule has 6 nitrogen and oxygen atoms in total. The van der Waals surface area contributed by atoms with E-state index in [2.05, 4.69) is 30.6 Å². The minimum atomic E-state index is 0.724. The zero-order valence-corrected chi connectivity index (χ0v) is 10.6. The Bertz CT molecular complexity index is 437. The molecule has 0 spiro atoms. The summed E-state index contributed by atoms with van der Waals surface area (Å²) >= 11 is 0. The summed E-state index contributed by atoms with van der Waals surface area (Å²) in [5.41, 5.74) is 1.05. The fourth-order valence-electron chi connectivity index (χ4n) is 1.66. The van der Waals surface area contributed by atoms with Crippen molar-refractivity contribution in [3.05, 3.63) is 36.9 Å². The van der Waals surface area contributed by atoms with Gasteiger partial charge in [0.2, 0.25) is 0 Å². The van der Waals surface area contributed by atoms with E-state index in [-0.39, 0.29) is 0 Å². The number of ether oxygens (including phenoxy) is 1. The quantitative estimate of drug-likeness (QED) is 0.693. The lowest BCUT2D eigenvalue weighted by Gasteiger charge is -2.03. The molecule has 0 saturated carbocycles. The third-order valence-electron chi connectivity index (χ3n) is 2.65. The molecule has 0 saturated heterocycles. The first-order valence-corrected chi connectivity index (χ1v) is 6.04. The standard InChI is InChI=1S/C12H19N5O/c1-18-7-3-13-8-12-9-17(11-15-12)6-5-16-4-2-14-10-16/h2,4,9-11,13H,3,5-8H2,1H3. The monoisotopic (exact) mass is 249 g/mol. The number of imidazole rings is 2. The van der Waals surface area contributed by atoms with Crippen LogP contribution < -0.4 is 5.32 Å². The van der Waals surface area contributed by atoms with E-state index in [4.69, 9.17) is 4.74 Å². The smallest absolute Gasteiger partial charge is 0.0950 e. The molecule has 0 aromatic carbocycles. The van der Waals surface area contributed by atoms with Gasteiger partial charge in [0.1, 0.15) is 0 Å². The Morgan fingerprint density at radius 3 is 2.94 bits per heavy atom. The molecule has 1 N–H and O–H groups in total. The lowest BCUT2D eigenvalue weighted by atomic mass is 10.4. The highest BCUT2D eigenvalue weighted by molar-refractivity contribution is 4.96. The van der Waals surface area contributed by atoms with Gasteiger partial charge < -0.3 is 19.2 Å². The van der Waals surface area contributed by atoms with Crippen LogP contribution in [0, 0.1) is 0 Å². The zero-order chi connectivity index (χ0) is 12.6. The van der Waals surface area contributed by atoms with Gasteiger partial charge in [-0.1, -0.05) is 0 Å². The van der Waals surface area contributed by atoms with E-state index in [0.717, 1.165) is 38.5 Å². The number of nitrogens with one attached hydrogen (secondary N) is 1. The predicted molar refractivity (Wildman–Crippen MR) is 68.0 cm³/mol. The van der Waals surface area contributed by atoms with Crippen molar-refractivity contribution in [3.63, 3.8) is 0 Å². The minimum absolute atomic E-state index is 0.724. The average molecular weight is 249 g/mol. The molecule has 0 aliphatic heterocycles. The van der Waals surface area contributed by atoms with Crippen molar-refractivity contribution in [2.75, 3.05) is 20.3 Å². The van der Waals surface area contributed by atoms with Crippen LogP contribution in [0.4, 0.5) is 0 Å². The van der Waals surface area contributed by atoms with Crippen LogP contribution in [0.15, 0.2) is 31.2 Å². The molecule has 0 aliphatic rings. The number of aryl methyl sites for hydroxylation is 2. The Labute approximate surface area is 107 Å². The molecule has 2 aromatic heterocycles. The van der Waals surface area contributed by atoms with Gasteiger partial charge in [0.25, 0.3) is 0 Å². The van der Waals surface area contributed by atoms with Gasteiger partial charge in [0.15, 0.2) is 0 Å². The Kier molecular flexibility index (Phi) is 4.92. The highest BCUT2D eigenvalue weighted by atomic mass is 16.5. The molecule has 18 heavy (non-hydrogen) atoms. The number of nitrogens with zero attached hydrogens (tertiary/aromatic N) is 4. The molecule has 98 valence electrons. The molecule has 2 rings (SSSR count). The van der Waals surface area contributed by atoms with E-state index in [1.807, 2.05) is 18.9 Å². The summed E-state index contributed by atoms with van der Waals surface area (Å²) in [7, 11) is 1.70. The van der Waals surface area contributed by atoms with Crippen LogP contribution in [0.1, 0.15) is 5.69 Å². The average Bonchev–Trinajstić information content (AvgIpc) is 3.03. The molecule has 0 bridgehead atoms. The molecule has 0 fully saturated rings. The van der Waals surface area contributed by atoms with Crippen molar-refractivity contribution < 1.29 is 4.74 Å².